The summed E-state index contributed by atoms with van der Waals surface area (Å²) in [4.78, 5) is 40.6. The molecule has 3 amide bonds. The van der Waals surface area contributed by atoms with Gasteiger partial charge in [-0.3, -0.25) is 14.4 Å². The van der Waals surface area contributed by atoms with Gasteiger partial charge >= 0.3 is 6.18 Å². The zero-order valence-electron chi connectivity index (χ0n) is 18.9. The monoisotopic (exact) mass is 489 g/mol. The van der Waals surface area contributed by atoms with Gasteiger partial charge in [-0.15, -0.1) is 0 Å². The maximum absolute atomic E-state index is 13.3. The third-order valence-electron chi connectivity index (χ3n) is 6.49. The first kappa shape index (κ1) is 24.6. The van der Waals surface area contributed by atoms with Crippen LogP contribution in [0.15, 0.2) is 24.3 Å². The summed E-state index contributed by atoms with van der Waals surface area (Å²) in [6.45, 7) is 0.590. The van der Waals surface area contributed by atoms with Crippen molar-refractivity contribution >= 4 is 28.6 Å². The third-order valence-corrected chi connectivity index (χ3v) is 6.49. The van der Waals surface area contributed by atoms with Crippen LogP contribution in [0.5, 0.6) is 0 Å². The second kappa shape index (κ2) is 9.98. The van der Waals surface area contributed by atoms with E-state index in [1.54, 1.807) is 0 Å². The van der Waals surface area contributed by atoms with Crippen LogP contribution >= 0.6 is 0 Å². The minimum absolute atomic E-state index is 0.0963. The van der Waals surface area contributed by atoms with Crippen LogP contribution in [0.2, 0.25) is 0 Å². The summed E-state index contributed by atoms with van der Waals surface area (Å²) in [6, 6.07) is 4.90. The van der Waals surface area contributed by atoms with Crippen molar-refractivity contribution < 1.29 is 27.6 Å². The fraction of sp³-hybridized carbons (Fsp3) is 0.500. The Morgan fingerprint density at radius 1 is 1.17 bits per heavy atom. The van der Waals surface area contributed by atoms with Crippen LogP contribution in [-0.4, -0.2) is 41.3 Å². The molecular weight excluding hydrogens is 463 g/mol. The molecule has 1 aromatic heterocycles. The second-order valence-corrected chi connectivity index (χ2v) is 9.21. The Morgan fingerprint density at radius 2 is 1.94 bits per heavy atom. The topological polar surface area (TPSA) is 127 Å². The third kappa shape index (κ3) is 5.93. The van der Waals surface area contributed by atoms with Crippen LogP contribution in [0, 0.1) is 23.2 Å². The first-order valence-electron chi connectivity index (χ1n) is 11.6. The van der Waals surface area contributed by atoms with Gasteiger partial charge < -0.3 is 20.9 Å². The van der Waals surface area contributed by atoms with Crippen molar-refractivity contribution in [3.8, 4) is 6.07 Å². The normalized spacial score (nSPS) is 19.9. The van der Waals surface area contributed by atoms with E-state index in [0.29, 0.717) is 19.4 Å². The maximum atomic E-state index is 13.3. The average molecular weight is 489 g/mol. The number of rotatable bonds is 8. The number of aromatic nitrogens is 1. The van der Waals surface area contributed by atoms with Crippen molar-refractivity contribution in [2.75, 3.05) is 6.54 Å². The molecule has 1 saturated heterocycles. The van der Waals surface area contributed by atoms with Crippen LogP contribution in [0.4, 0.5) is 13.2 Å². The molecule has 11 heteroatoms. The summed E-state index contributed by atoms with van der Waals surface area (Å²) in [5, 5.41) is 17.4. The molecule has 1 saturated carbocycles. The number of hydrogen-bond donors (Lipinski definition) is 4. The molecule has 0 unspecified atom stereocenters. The minimum atomic E-state index is -4.58. The number of benzene rings is 1. The Labute approximate surface area is 199 Å². The van der Waals surface area contributed by atoms with E-state index in [-0.39, 0.29) is 40.8 Å². The van der Waals surface area contributed by atoms with Gasteiger partial charge in [-0.2, -0.15) is 18.4 Å². The SMILES string of the molecule is N#C[C@H](C[C@@H]1CCCNC1=O)NC(=O)[C@H](CC1CC1)NC(=O)c1cc2c(C(F)(F)F)cccc2[nH]1. The molecule has 2 aliphatic rings. The van der Waals surface area contributed by atoms with Crippen LogP contribution in [0.3, 0.4) is 0 Å². The lowest BCUT2D eigenvalue weighted by molar-refractivity contribution is -0.136. The summed E-state index contributed by atoms with van der Waals surface area (Å²) in [5.41, 5.74) is -0.800. The van der Waals surface area contributed by atoms with Gasteiger partial charge in [0.25, 0.3) is 5.91 Å². The van der Waals surface area contributed by atoms with Gasteiger partial charge in [0.15, 0.2) is 0 Å². The summed E-state index contributed by atoms with van der Waals surface area (Å²) in [6.07, 6.45) is -0.818. The first-order valence-corrected chi connectivity index (χ1v) is 11.6. The van der Waals surface area contributed by atoms with Crippen molar-refractivity contribution in [3.05, 3.63) is 35.5 Å². The molecule has 4 rings (SSSR count). The highest BCUT2D eigenvalue weighted by Crippen LogP contribution is 2.35. The molecule has 4 N–H and O–H groups in total. The Bertz CT molecular complexity index is 1170. The Kier molecular flexibility index (Phi) is 7.00. The van der Waals surface area contributed by atoms with Crippen molar-refractivity contribution in [1.82, 2.24) is 20.9 Å². The number of fused-ring (bicyclic) bond motifs is 1. The van der Waals surface area contributed by atoms with E-state index in [1.807, 2.05) is 6.07 Å². The molecule has 35 heavy (non-hydrogen) atoms. The van der Waals surface area contributed by atoms with Crippen LogP contribution < -0.4 is 16.0 Å². The number of carbonyl (C=O) groups is 3. The zero-order chi connectivity index (χ0) is 25.2. The highest BCUT2D eigenvalue weighted by Gasteiger charge is 2.35. The standard InChI is InChI=1S/C24H26F3N5O3/c25-24(26,27)17-4-1-5-18-16(17)11-20(31-18)23(35)32-19(9-13-6-7-13)22(34)30-15(12-28)10-14-3-2-8-29-21(14)33/h1,4-5,11,13-15,19,31H,2-3,6-10H2,(H,29,33)(H,30,34)(H,32,35)/t14-,15-,19-/m0/s1. The number of H-pyrrole nitrogens is 1. The quantitative estimate of drug-likeness (QED) is 0.455. The molecule has 0 bridgehead atoms. The number of aromatic amines is 1. The molecule has 0 radical (unpaired) electrons. The van der Waals surface area contributed by atoms with Crippen LogP contribution in [0.25, 0.3) is 10.9 Å². The Morgan fingerprint density at radius 3 is 2.60 bits per heavy atom. The number of piperidine rings is 1. The number of halogens is 3. The Hall–Kier alpha value is -3.55. The molecule has 0 spiro atoms. The van der Waals surface area contributed by atoms with E-state index in [1.165, 1.54) is 12.1 Å². The number of amides is 3. The second-order valence-electron chi connectivity index (χ2n) is 9.21. The van der Waals surface area contributed by atoms with E-state index >= 15 is 0 Å². The van der Waals surface area contributed by atoms with E-state index in [2.05, 4.69) is 20.9 Å². The summed E-state index contributed by atoms with van der Waals surface area (Å²) >= 11 is 0. The number of carbonyl (C=O) groups excluding carboxylic acids is 3. The van der Waals surface area contributed by atoms with E-state index in [0.717, 1.165) is 31.4 Å². The fourth-order valence-corrected chi connectivity index (χ4v) is 4.44. The fourth-order valence-electron chi connectivity index (χ4n) is 4.44. The van der Waals surface area contributed by atoms with Gasteiger partial charge in [0.05, 0.1) is 11.6 Å². The van der Waals surface area contributed by atoms with Crippen LogP contribution in [0.1, 0.15) is 54.6 Å². The first-order chi connectivity index (χ1) is 16.7. The molecule has 186 valence electrons. The maximum Gasteiger partial charge on any atom is 0.417 e. The lowest BCUT2D eigenvalue weighted by Crippen LogP contribution is -2.50. The molecule has 1 aliphatic carbocycles. The molecule has 8 nitrogen and oxygen atoms in total. The van der Waals surface area contributed by atoms with Gasteiger partial charge in [-0.25, -0.2) is 0 Å². The highest BCUT2D eigenvalue weighted by molar-refractivity contribution is 6.01. The molecule has 1 aliphatic heterocycles. The zero-order valence-corrected chi connectivity index (χ0v) is 18.9. The number of alkyl halides is 3. The molecule has 2 heterocycles. The predicted molar refractivity (Wildman–Crippen MR) is 120 cm³/mol. The van der Waals surface area contributed by atoms with Crippen molar-refractivity contribution in [3.63, 3.8) is 0 Å². The van der Waals surface area contributed by atoms with Crippen molar-refractivity contribution in [2.45, 2.75) is 56.8 Å². The largest absolute Gasteiger partial charge is 0.417 e. The number of nitrogens with one attached hydrogen (secondary N) is 4. The van der Waals surface area contributed by atoms with E-state index in [9.17, 15) is 32.8 Å². The summed E-state index contributed by atoms with van der Waals surface area (Å²) in [7, 11) is 0. The molecule has 2 aromatic rings. The Balaban J connectivity index is 1.46. The average Bonchev–Trinajstić information content (AvgIpc) is 3.52. The van der Waals surface area contributed by atoms with Gasteiger partial charge in [-0.1, -0.05) is 18.9 Å². The number of nitrogens with zero attached hydrogens (tertiary/aromatic N) is 1. The lowest BCUT2D eigenvalue weighted by atomic mass is 9.92. The van der Waals surface area contributed by atoms with Gasteiger partial charge in [0.2, 0.25) is 11.8 Å². The van der Waals surface area contributed by atoms with Gasteiger partial charge in [0.1, 0.15) is 17.8 Å². The molecular formula is C24H26F3N5O3. The predicted octanol–water partition coefficient (Wildman–Crippen LogP) is 3.01. The number of hydrogen-bond acceptors (Lipinski definition) is 4. The summed E-state index contributed by atoms with van der Waals surface area (Å²) < 4.78 is 40.0. The number of nitriles is 1. The smallest absolute Gasteiger partial charge is 0.356 e. The van der Waals surface area contributed by atoms with E-state index in [4.69, 9.17) is 0 Å². The molecule has 3 atom stereocenters. The van der Waals surface area contributed by atoms with Gasteiger partial charge in [-0.05, 0) is 49.8 Å². The lowest BCUT2D eigenvalue weighted by Gasteiger charge is -2.25. The van der Waals surface area contributed by atoms with Gasteiger partial charge in [0, 0.05) is 23.4 Å². The van der Waals surface area contributed by atoms with Crippen molar-refractivity contribution in [1.29, 1.82) is 5.26 Å². The minimum Gasteiger partial charge on any atom is -0.356 e. The van der Waals surface area contributed by atoms with E-state index < -0.39 is 35.6 Å². The molecule has 1 aromatic carbocycles. The summed E-state index contributed by atoms with van der Waals surface area (Å²) in [5.74, 6) is -1.55. The molecule has 2 fully saturated rings. The van der Waals surface area contributed by atoms with Crippen LogP contribution in [-0.2, 0) is 15.8 Å². The van der Waals surface area contributed by atoms with Crippen molar-refractivity contribution in [2.24, 2.45) is 11.8 Å². The highest BCUT2D eigenvalue weighted by atomic mass is 19.4.